The zero-order valence-electron chi connectivity index (χ0n) is 10.5. The van der Waals surface area contributed by atoms with E-state index in [0.717, 1.165) is 6.42 Å². The number of ether oxygens (including phenoxy) is 1. The van der Waals surface area contributed by atoms with E-state index in [4.69, 9.17) is 4.74 Å². The summed E-state index contributed by atoms with van der Waals surface area (Å²) in [4.78, 5) is 15.2. The lowest BCUT2D eigenvalue weighted by Crippen LogP contribution is -2.17. The van der Waals surface area contributed by atoms with E-state index in [0.29, 0.717) is 17.9 Å². The number of nitrogens with zero attached hydrogens (tertiary/aromatic N) is 1. The number of carboxylic acids is 1. The standard InChI is InChI=1S/C13H19NO3/c1-4-5-17-11-6-10(7-14-8-11)12(9(2)3)13(15)16/h6-9,12H,4-5H2,1-3H3,(H,15,16). The van der Waals surface area contributed by atoms with Crippen LogP contribution in [0, 0.1) is 5.92 Å². The average Bonchev–Trinajstić information content (AvgIpc) is 2.26. The van der Waals surface area contributed by atoms with Gasteiger partial charge in [0.15, 0.2) is 0 Å². The smallest absolute Gasteiger partial charge is 0.311 e. The first kappa shape index (κ1) is 13.5. The predicted molar refractivity (Wildman–Crippen MR) is 65.2 cm³/mol. The Morgan fingerprint density at radius 1 is 1.47 bits per heavy atom. The molecule has 1 heterocycles. The summed E-state index contributed by atoms with van der Waals surface area (Å²) in [7, 11) is 0. The second-order valence-corrected chi connectivity index (χ2v) is 4.36. The summed E-state index contributed by atoms with van der Waals surface area (Å²) in [5, 5.41) is 9.20. The summed E-state index contributed by atoms with van der Waals surface area (Å²) >= 11 is 0. The topological polar surface area (TPSA) is 59.4 Å². The molecule has 0 saturated heterocycles. The van der Waals surface area contributed by atoms with Crippen LogP contribution in [0.2, 0.25) is 0 Å². The molecule has 1 unspecified atom stereocenters. The molecule has 4 heteroatoms. The van der Waals surface area contributed by atoms with E-state index in [-0.39, 0.29) is 5.92 Å². The molecule has 0 saturated carbocycles. The van der Waals surface area contributed by atoms with E-state index in [1.165, 1.54) is 0 Å². The third-order valence-electron chi connectivity index (χ3n) is 2.50. The molecular weight excluding hydrogens is 218 g/mol. The Hall–Kier alpha value is -1.58. The summed E-state index contributed by atoms with van der Waals surface area (Å²) in [6, 6.07) is 1.77. The summed E-state index contributed by atoms with van der Waals surface area (Å²) in [5.41, 5.74) is 0.695. The normalized spacial score (nSPS) is 12.5. The van der Waals surface area contributed by atoms with Crippen molar-refractivity contribution in [3.8, 4) is 5.75 Å². The number of carbonyl (C=O) groups is 1. The van der Waals surface area contributed by atoms with Gasteiger partial charge in [-0.2, -0.15) is 0 Å². The molecule has 0 aliphatic heterocycles. The molecule has 0 spiro atoms. The van der Waals surface area contributed by atoms with Crippen LogP contribution in [0.3, 0.4) is 0 Å². The van der Waals surface area contributed by atoms with Gasteiger partial charge >= 0.3 is 5.97 Å². The molecule has 0 amide bonds. The Morgan fingerprint density at radius 2 is 2.18 bits per heavy atom. The lowest BCUT2D eigenvalue weighted by Gasteiger charge is -2.16. The number of aromatic nitrogens is 1. The number of hydrogen-bond acceptors (Lipinski definition) is 3. The number of hydrogen-bond donors (Lipinski definition) is 1. The van der Waals surface area contributed by atoms with E-state index in [1.54, 1.807) is 18.5 Å². The fourth-order valence-electron chi connectivity index (χ4n) is 1.72. The number of carboxylic acid groups (broad SMARTS) is 1. The van der Waals surface area contributed by atoms with E-state index in [9.17, 15) is 9.90 Å². The maximum atomic E-state index is 11.2. The molecule has 0 bridgehead atoms. The monoisotopic (exact) mass is 237 g/mol. The lowest BCUT2D eigenvalue weighted by atomic mass is 9.89. The van der Waals surface area contributed by atoms with Crippen LogP contribution >= 0.6 is 0 Å². The molecule has 0 aliphatic rings. The molecule has 0 fully saturated rings. The van der Waals surface area contributed by atoms with Gasteiger partial charge in [-0.3, -0.25) is 9.78 Å². The van der Waals surface area contributed by atoms with Crippen LogP contribution in [0.4, 0.5) is 0 Å². The van der Waals surface area contributed by atoms with Crippen LogP contribution in [-0.4, -0.2) is 22.7 Å². The van der Waals surface area contributed by atoms with E-state index >= 15 is 0 Å². The quantitative estimate of drug-likeness (QED) is 0.826. The molecule has 94 valence electrons. The molecule has 17 heavy (non-hydrogen) atoms. The number of rotatable bonds is 6. The minimum Gasteiger partial charge on any atom is -0.492 e. The van der Waals surface area contributed by atoms with Gasteiger partial charge < -0.3 is 9.84 Å². The maximum absolute atomic E-state index is 11.2. The third-order valence-corrected chi connectivity index (χ3v) is 2.50. The van der Waals surface area contributed by atoms with Gasteiger partial charge in [-0.15, -0.1) is 0 Å². The molecule has 0 radical (unpaired) electrons. The molecule has 1 N–H and O–H groups in total. The SMILES string of the molecule is CCCOc1cncc(C(C(=O)O)C(C)C)c1. The first-order valence-corrected chi connectivity index (χ1v) is 5.86. The van der Waals surface area contributed by atoms with Crippen molar-refractivity contribution in [3.05, 3.63) is 24.0 Å². The van der Waals surface area contributed by atoms with Gasteiger partial charge in [-0.05, 0) is 24.0 Å². The fourth-order valence-corrected chi connectivity index (χ4v) is 1.72. The third kappa shape index (κ3) is 3.73. The van der Waals surface area contributed by atoms with Crippen molar-refractivity contribution >= 4 is 5.97 Å². The van der Waals surface area contributed by atoms with Gasteiger partial charge in [0.1, 0.15) is 5.75 Å². The number of pyridine rings is 1. The van der Waals surface area contributed by atoms with E-state index in [1.807, 2.05) is 20.8 Å². The average molecular weight is 237 g/mol. The van der Waals surface area contributed by atoms with E-state index in [2.05, 4.69) is 4.98 Å². The van der Waals surface area contributed by atoms with Crippen molar-refractivity contribution in [2.75, 3.05) is 6.61 Å². The van der Waals surface area contributed by atoms with Crippen LogP contribution in [-0.2, 0) is 4.79 Å². The Balaban J connectivity index is 2.92. The van der Waals surface area contributed by atoms with Crippen molar-refractivity contribution in [1.82, 2.24) is 4.98 Å². The molecule has 0 aliphatic carbocycles. The highest BCUT2D eigenvalue weighted by molar-refractivity contribution is 5.76. The molecule has 1 atom stereocenters. The van der Waals surface area contributed by atoms with Crippen molar-refractivity contribution in [2.24, 2.45) is 5.92 Å². The fraction of sp³-hybridized carbons (Fsp3) is 0.538. The minimum atomic E-state index is -0.825. The highest BCUT2D eigenvalue weighted by Gasteiger charge is 2.24. The van der Waals surface area contributed by atoms with Gasteiger partial charge in [0.25, 0.3) is 0 Å². The largest absolute Gasteiger partial charge is 0.492 e. The van der Waals surface area contributed by atoms with Crippen molar-refractivity contribution in [1.29, 1.82) is 0 Å². The van der Waals surface area contributed by atoms with Gasteiger partial charge in [0.2, 0.25) is 0 Å². The first-order valence-electron chi connectivity index (χ1n) is 5.86. The van der Waals surface area contributed by atoms with Crippen LogP contribution in [0.5, 0.6) is 5.75 Å². The van der Waals surface area contributed by atoms with Crippen LogP contribution in [0.25, 0.3) is 0 Å². The molecule has 1 rings (SSSR count). The van der Waals surface area contributed by atoms with E-state index < -0.39 is 11.9 Å². The summed E-state index contributed by atoms with van der Waals surface area (Å²) in [6.07, 6.45) is 4.12. The van der Waals surface area contributed by atoms with Crippen LogP contribution in [0.1, 0.15) is 38.7 Å². The summed E-state index contributed by atoms with van der Waals surface area (Å²) in [5.74, 6) is -0.700. The summed E-state index contributed by atoms with van der Waals surface area (Å²) in [6.45, 7) is 6.41. The van der Waals surface area contributed by atoms with Gasteiger partial charge in [-0.25, -0.2) is 0 Å². The predicted octanol–water partition coefficient (Wildman–Crippen LogP) is 2.69. The maximum Gasteiger partial charge on any atom is 0.311 e. The summed E-state index contributed by atoms with van der Waals surface area (Å²) < 4.78 is 5.45. The molecular formula is C13H19NO3. The van der Waals surface area contributed by atoms with Crippen molar-refractivity contribution in [3.63, 3.8) is 0 Å². The molecule has 4 nitrogen and oxygen atoms in total. The van der Waals surface area contributed by atoms with Crippen molar-refractivity contribution < 1.29 is 14.6 Å². The van der Waals surface area contributed by atoms with Crippen LogP contribution in [0.15, 0.2) is 18.5 Å². The van der Waals surface area contributed by atoms with Crippen molar-refractivity contribution in [2.45, 2.75) is 33.1 Å². The first-order chi connectivity index (χ1) is 8.06. The molecule has 1 aromatic heterocycles. The minimum absolute atomic E-state index is 0.0238. The molecule has 1 aromatic rings. The highest BCUT2D eigenvalue weighted by atomic mass is 16.5. The Bertz CT molecular complexity index is 377. The number of aliphatic carboxylic acids is 1. The van der Waals surface area contributed by atoms with Gasteiger partial charge in [0, 0.05) is 6.20 Å². The Labute approximate surface area is 102 Å². The lowest BCUT2D eigenvalue weighted by molar-refractivity contribution is -0.139. The second kappa shape index (κ2) is 6.23. The van der Waals surface area contributed by atoms with Gasteiger partial charge in [-0.1, -0.05) is 20.8 Å². The zero-order valence-corrected chi connectivity index (χ0v) is 10.5. The van der Waals surface area contributed by atoms with Gasteiger partial charge in [0.05, 0.1) is 18.7 Å². The molecule has 0 aromatic carbocycles. The Kier molecular flexibility index (Phi) is 4.94. The zero-order chi connectivity index (χ0) is 12.8. The second-order valence-electron chi connectivity index (χ2n) is 4.36. The highest BCUT2D eigenvalue weighted by Crippen LogP contribution is 2.26. The Morgan fingerprint density at radius 3 is 2.71 bits per heavy atom. The van der Waals surface area contributed by atoms with Crippen LogP contribution < -0.4 is 4.74 Å².